The van der Waals surface area contributed by atoms with E-state index in [1.807, 2.05) is 20.9 Å². The quantitative estimate of drug-likeness (QED) is 0.730. The molecule has 6 heteroatoms. The molecule has 0 bridgehead atoms. The van der Waals surface area contributed by atoms with Gasteiger partial charge in [0.05, 0.1) is 6.20 Å². The first-order valence-corrected chi connectivity index (χ1v) is 4.55. The molecule has 0 spiro atoms. The van der Waals surface area contributed by atoms with Crippen LogP contribution in [0.4, 0.5) is 5.82 Å². The number of hydrogen-bond acceptors (Lipinski definition) is 5. The van der Waals surface area contributed by atoms with Crippen LogP contribution < -0.4 is 5.73 Å². The number of rotatable bonds is 1. The zero-order chi connectivity index (χ0) is 11.0. The van der Waals surface area contributed by atoms with Crippen molar-refractivity contribution in [3.63, 3.8) is 0 Å². The molecule has 0 aromatic carbocycles. The summed E-state index contributed by atoms with van der Waals surface area (Å²) in [6.45, 7) is 3.88. The summed E-state index contributed by atoms with van der Waals surface area (Å²) in [5.41, 5.74) is 9.23. The molecule has 2 rings (SSSR count). The predicted octanol–water partition coefficient (Wildman–Crippen LogP) is 0.471. The van der Waals surface area contributed by atoms with E-state index in [9.17, 15) is 0 Å². The van der Waals surface area contributed by atoms with E-state index in [-0.39, 0.29) is 0 Å². The number of anilines is 1. The van der Waals surface area contributed by atoms with Crippen molar-refractivity contribution in [3.05, 3.63) is 17.3 Å². The van der Waals surface area contributed by atoms with E-state index in [0.29, 0.717) is 5.82 Å². The van der Waals surface area contributed by atoms with Gasteiger partial charge in [0.2, 0.25) is 0 Å². The van der Waals surface area contributed by atoms with E-state index in [1.54, 1.807) is 10.9 Å². The minimum atomic E-state index is 0.464. The molecule has 0 aliphatic rings. The summed E-state index contributed by atoms with van der Waals surface area (Å²) < 4.78 is 1.66. The highest BCUT2D eigenvalue weighted by molar-refractivity contribution is 5.61. The van der Waals surface area contributed by atoms with E-state index in [1.165, 1.54) is 0 Å². The molecule has 2 N–H and O–H groups in total. The molecule has 0 fully saturated rings. The fourth-order valence-electron chi connectivity index (χ4n) is 1.37. The lowest BCUT2D eigenvalue weighted by Gasteiger charge is -2.07. The van der Waals surface area contributed by atoms with Crippen LogP contribution in [0.25, 0.3) is 11.4 Å². The van der Waals surface area contributed by atoms with Crippen molar-refractivity contribution < 1.29 is 0 Å². The molecule has 0 aliphatic heterocycles. The lowest BCUT2D eigenvalue weighted by Crippen LogP contribution is -2.04. The van der Waals surface area contributed by atoms with Crippen LogP contribution in [0.5, 0.6) is 0 Å². The van der Waals surface area contributed by atoms with Crippen molar-refractivity contribution >= 4 is 5.82 Å². The van der Waals surface area contributed by atoms with Crippen LogP contribution >= 0.6 is 0 Å². The molecule has 0 radical (unpaired) electrons. The topological polar surface area (TPSA) is 82.5 Å². The molecule has 0 amide bonds. The van der Waals surface area contributed by atoms with Crippen LogP contribution in [0.1, 0.15) is 11.1 Å². The van der Waals surface area contributed by atoms with Crippen LogP contribution in [0, 0.1) is 13.8 Å². The van der Waals surface area contributed by atoms with Gasteiger partial charge in [-0.2, -0.15) is 0 Å². The highest BCUT2D eigenvalue weighted by Gasteiger charge is 2.12. The second-order valence-corrected chi connectivity index (χ2v) is 3.43. The molecule has 78 valence electrons. The molecule has 0 aliphatic carbocycles. The van der Waals surface area contributed by atoms with Crippen LogP contribution in [-0.2, 0) is 7.05 Å². The second-order valence-electron chi connectivity index (χ2n) is 3.43. The first-order chi connectivity index (χ1) is 7.11. The first-order valence-electron chi connectivity index (χ1n) is 4.55. The van der Waals surface area contributed by atoms with Gasteiger partial charge in [-0.05, 0) is 25.0 Å². The fraction of sp³-hybridized carbons (Fsp3) is 0.333. The van der Waals surface area contributed by atoms with Gasteiger partial charge in [-0.15, -0.1) is 15.3 Å². The Balaban J connectivity index is 2.65. The minimum Gasteiger partial charge on any atom is -0.382 e. The van der Waals surface area contributed by atoms with E-state index in [0.717, 1.165) is 22.5 Å². The van der Waals surface area contributed by atoms with Gasteiger partial charge in [-0.1, -0.05) is 5.21 Å². The molecule has 15 heavy (non-hydrogen) atoms. The Bertz CT molecular complexity index is 501. The largest absolute Gasteiger partial charge is 0.382 e. The monoisotopic (exact) mass is 204 g/mol. The summed E-state index contributed by atoms with van der Waals surface area (Å²) in [6.07, 6.45) is 1.66. The maximum absolute atomic E-state index is 5.67. The summed E-state index contributed by atoms with van der Waals surface area (Å²) in [5, 5.41) is 15.6. The van der Waals surface area contributed by atoms with Crippen molar-refractivity contribution in [3.8, 4) is 11.4 Å². The fourth-order valence-corrected chi connectivity index (χ4v) is 1.37. The van der Waals surface area contributed by atoms with Crippen LogP contribution in [0.15, 0.2) is 6.20 Å². The molecular weight excluding hydrogens is 192 g/mol. The maximum Gasteiger partial charge on any atom is 0.149 e. The average Bonchev–Trinajstić information content (AvgIpc) is 2.62. The normalized spacial score (nSPS) is 10.6. The van der Waals surface area contributed by atoms with Gasteiger partial charge in [0.25, 0.3) is 0 Å². The highest BCUT2D eigenvalue weighted by atomic mass is 15.4. The number of nitrogens with two attached hydrogens (primary N) is 1. The van der Waals surface area contributed by atoms with Crippen LogP contribution in [0.2, 0.25) is 0 Å². The van der Waals surface area contributed by atoms with Gasteiger partial charge in [0.1, 0.15) is 17.2 Å². The first kappa shape index (κ1) is 9.57. The average molecular weight is 204 g/mol. The van der Waals surface area contributed by atoms with Crippen molar-refractivity contribution in [2.75, 3.05) is 5.73 Å². The van der Waals surface area contributed by atoms with Gasteiger partial charge < -0.3 is 5.73 Å². The number of nitrogen functional groups attached to an aromatic ring is 1. The van der Waals surface area contributed by atoms with Gasteiger partial charge in [-0.25, -0.2) is 4.68 Å². The molecule has 2 aromatic rings. The van der Waals surface area contributed by atoms with Crippen LogP contribution in [0.3, 0.4) is 0 Å². The Hall–Kier alpha value is -1.98. The number of hydrogen-bond donors (Lipinski definition) is 1. The molecule has 2 aromatic heterocycles. The van der Waals surface area contributed by atoms with Gasteiger partial charge in [-0.3, -0.25) is 0 Å². The maximum atomic E-state index is 5.67. The summed E-state index contributed by atoms with van der Waals surface area (Å²) in [5.74, 6) is 0.464. The summed E-state index contributed by atoms with van der Waals surface area (Å²) in [4.78, 5) is 0. The Morgan fingerprint density at radius 2 is 1.93 bits per heavy atom. The lowest BCUT2D eigenvalue weighted by molar-refractivity contribution is 0.717. The third kappa shape index (κ3) is 1.43. The molecular formula is C9H12N6. The molecule has 0 atom stereocenters. The Morgan fingerprint density at radius 1 is 1.20 bits per heavy atom. The molecule has 0 saturated heterocycles. The summed E-state index contributed by atoms with van der Waals surface area (Å²) >= 11 is 0. The number of aromatic nitrogens is 5. The third-order valence-corrected chi connectivity index (χ3v) is 2.52. The molecule has 0 saturated carbocycles. The Labute approximate surface area is 87.1 Å². The SMILES string of the molecule is Cc1c(N)nnc(-c2cnnn2C)c1C. The van der Waals surface area contributed by atoms with E-state index < -0.39 is 0 Å². The smallest absolute Gasteiger partial charge is 0.149 e. The third-order valence-electron chi connectivity index (χ3n) is 2.52. The zero-order valence-electron chi connectivity index (χ0n) is 8.89. The molecule has 2 heterocycles. The highest BCUT2D eigenvalue weighted by Crippen LogP contribution is 2.23. The van der Waals surface area contributed by atoms with Crippen molar-refractivity contribution in [1.29, 1.82) is 0 Å². The zero-order valence-corrected chi connectivity index (χ0v) is 8.89. The number of nitrogens with zero attached hydrogens (tertiary/aromatic N) is 5. The Kier molecular flexibility index (Phi) is 2.11. The minimum absolute atomic E-state index is 0.464. The van der Waals surface area contributed by atoms with E-state index in [4.69, 9.17) is 5.73 Å². The van der Waals surface area contributed by atoms with E-state index >= 15 is 0 Å². The lowest BCUT2D eigenvalue weighted by atomic mass is 10.1. The molecule has 6 nitrogen and oxygen atoms in total. The number of aryl methyl sites for hydroxylation is 1. The van der Waals surface area contributed by atoms with Gasteiger partial charge in [0, 0.05) is 7.05 Å². The molecule has 0 unspecified atom stereocenters. The van der Waals surface area contributed by atoms with Crippen molar-refractivity contribution in [2.45, 2.75) is 13.8 Å². The summed E-state index contributed by atoms with van der Waals surface area (Å²) in [7, 11) is 1.81. The van der Waals surface area contributed by atoms with Gasteiger partial charge in [0.15, 0.2) is 0 Å². The Morgan fingerprint density at radius 3 is 2.53 bits per heavy atom. The second kappa shape index (κ2) is 3.30. The summed E-state index contributed by atoms with van der Waals surface area (Å²) in [6, 6.07) is 0. The van der Waals surface area contributed by atoms with Crippen molar-refractivity contribution in [2.24, 2.45) is 7.05 Å². The predicted molar refractivity (Wildman–Crippen MR) is 55.9 cm³/mol. The van der Waals surface area contributed by atoms with Crippen LogP contribution in [-0.4, -0.2) is 25.2 Å². The van der Waals surface area contributed by atoms with E-state index in [2.05, 4.69) is 20.5 Å². The standard InChI is InChI=1S/C9H12N6/c1-5-6(2)9(10)13-12-8(5)7-4-11-14-15(7)3/h4H,1-3H3,(H2,10,13). The van der Waals surface area contributed by atoms with Gasteiger partial charge >= 0.3 is 0 Å². The van der Waals surface area contributed by atoms with Crippen molar-refractivity contribution in [1.82, 2.24) is 25.2 Å².